The van der Waals surface area contributed by atoms with Gasteiger partial charge in [0.05, 0.1) is 17.5 Å². The van der Waals surface area contributed by atoms with Gasteiger partial charge < -0.3 is 9.64 Å². The second-order valence-corrected chi connectivity index (χ2v) is 11.5. The number of sulfonamides is 1. The molecule has 2 aromatic rings. The molecule has 2 aliphatic rings. The number of amides is 1. The second-order valence-electron chi connectivity index (χ2n) is 8.48. The average Bonchev–Trinajstić information content (AvgIpc) is 3.48. The summed E-state index contributed by atoms with van der Waals surface area (Å²) in [7, 11) is -3.53. The van der Waals surface area contributed by atoms with E-state index in [4.69, 9.17) is 4.74 Å². The molecule has 0 unspecified atom stereocenters. The Bertz CT molecular complexity index is 979. The van der Waals surface area contributed by atoms with E-state index in [-0.39, 0.29) is 12.0 Å². The third kappa shape index (κ3) is 5.77. The minimum absolute atomic E-state index is 0.0481. The van der Waals surface area contributed by atoms with E-state index in [1.165, 1.54) is 9.18 Å². The summed E-state index contributed by atoms with van der Waals surface area (Å²) in [5.41, 5.74) is 1.02. The standard InChI is InChI=1S/C23H31N3O4S2/c1-19-6-8-22(9-7-19)32(28,29)26-12-10-25(11-13-26)23(27)18-24(16-20-4-2-14-30-20)17-21-5-3-15-31-21/h3,5-9,15,20H,2,4,10-14,16-18H2,1H3/t20-/m0/s1. The highest BCUT2D eigenvalue weighted by Crippen LogP contribution is 2.20. The monoisotopic (exact) mass is 477 g/mol. The lowest BCUT2D eigenvalue weighted by Crippen LogP contribution is -2.52. The largest absolute Gasteiger partial charge is 0.377 e. The fraction of sp³-hybridized carbons (Fsp3) is 0.522. The third-order valence-electron chi connectivity index (χ3n) is 6.05. The van der Waals surface area contributed by atoms with Crippen LogP contribution in [0.2, 0.25) is 0 Å². The second kappa shape index (κ2) is 10.4. The Morgan fingerprint density at radius 2 is 1.91 bits per heavy atom. The van der Waals surface area contributed by atoms with E-state index in [0.29, 0.717) is 37.6 Å². The number of ether oxygens (including phenoxy) is 1. The van der Waals surface area contributed by atoms with Crippen LogP contribution in [-0.4, -0.2) is 80.4 Å². The van der Waals surface area contributed by atoms with Gasteiger partial charge in [-0.25, -0.2) is 8.42 Å². The first-order valence-corrected chi connectivity index (χ1v) is 13.4. The van der Waals surface area contributed by atoms with Crippen molar-refractivity contribution in [2.75, 3.05) is 45.9 Å². The summed E-state index contributed by atoms with van der Waals surface area (Å²) < 4.78 is 33.1. The molecule has 2 saturated heterocycles. The molecule has 0 radical (unpaired) electrons. The van der Waals surface area contributed by atoms with Crippen molar-refractivity contribution in [3.63, 3.8) is 0 Å². The summed E-state index contributed by atoms with van der Waals surface area (Å²) in [5, 5.41) is 2.05. The van der Waals surface area contributed by atoms with Crippen molar-refractivity contribution in [2.24, 2.45) is 0 Å². The zero-order valence-electron chi connectivity index (χ0n) is 18.5. The van der Waals surface area contributed by atoms with Crippen LogP contribution in [0.1, 0.15) is 23.3 Å². The van der Waals surface area contributed by atoms with Crippen molar-refractivity contribution < 1.29 is 17.9 Å². The van der Waals surface area contributed by atoms with Crippen LogP contribution in [-0.2, 0) is 26.1 Å². The number of nitrogens with zero attached hydrogens (tertiary/aromatic N) is 3. The highest BCUT2D eigenvalue weighted by Gasteiger charge is 2.31. The molecule has 1 atom stereocenters. The number of hydrogen-bond donors (Lipinski definition) is 0. The SMILES string of the molecule is Cc1ccc(S(=O)(=O)N2CCN(C(=O)CN(Cc3cccs3)C[C@@H]3CCCO3)CC2)cc1. The van der Waals surface area contributed by atoms with Crippen molar-refractivity contribution in [2.45, 2.75) is 37.3 Å². The Labute approximate surface area is 194 Å². The number of benzene rings is 1. The van der Waals surface area contributed by atoms with Gasteiger partial charge >= 0.3 is 0 Å². The molecule has 1 amide bonds. The van der Waals surface area contributed by atoms with Crippen LogP contribution in [0.25, 0.3) is 0 Å². The Hall–Kier alpha value is -1.78. The van der Waals surface area contributed by atoms with E-state index in [1.807, 2.05) is 25.1 Å². The summed E-state index contributed by atoms with van der Waals surface area (Å²) in [5.74, 6) is 0.0481. The summed E-state index contributed by atoms with van der Waals surface area (Å²) >= 11 is 1.69. The molecule has 174 valence electrons. The zero-order valence-corrected chi connectivity index (χ0v) is 20.1. The van der Waals surface area contributed by atoms with Gasteiger partial charge in [-0.05, 0) is 43.3 Å². The molecule has 1 aromatic carbocycles. The average molecular weight is 478 g/mol. The van der Waals surface area contributed by atoms with Crippen LogP contribution in [0, 0.1) is 6.92 Å². The van der Waals surface area contributed by atoms with Gasteiger partial charge in [-0.1, -0.05) is 23.8 Å². The zero-order chi connectivity index (χ0) is 22.6. The van der Waals surface area contributed by atoms with Gasteiger partial charge in [0.2, 0.25) is 15.9 Å². The summed E-state index contributed by atoms with van der Waals surface area (Å²) in [6.45, 7) is 5.98. The Morgan fingerprint density at radius 3 is 2.53 bits per heavy atom. The molecule has 2 fully saturated rings. The smallest absolute Gasteiger partial charge is 0.243 e. The van der Waals surface area contributed by atoms with Crippen molar-refractivity contribution >= 4 is 27.3 Å². The van der Waals surface area contributed by atoms with Crippen LogP contribution < -0.4 is 0 Å². The van der Waals surface area contributed by atoms with Gasteiger partial charge in [0.1, 0.15) is 0 Å². The predicted molar refractivity (Wildman–Crippen MR) is 125 cm³/mol. The molecule has 9 heteroatoms. The number of hydrogen-bond acceptors (Lipinski definition) is 6. The Balaban J connectivity index is 1.34. The molecule has 2 aliphatic heterocycles. The molecular formula is C23H31N3O4S2. The predicted octanol–water partition coefficient (Wildman–Crippen LogP) is 2.57. The first-order valence-electron chi connectivity index (χ1n) is 11.1. The van der Waals surface area contributed by atoms with Gasteiger partial charge in [-0.2, -0.15) is 4.31 Å². The Morgan fingerprint density at radius 1 is 1.16 bits per heavy atom. The number of thiophene rings is 1. The van der Waals surface area contributed by atoms with E-state index in [1.54, 1.807) is 28.4 Å². The van der Waals surface area contributed by atoms with Crippen LogP contribution in [0.4, 0.5) is 0 Å². The number of carbonyl (C=O) groups excluding carboxylic acids is 1. The maximum absolute atomic E-state index is 13.1. The van der Waals surface area contributed by atoms with Crippen LogP contribution in [0.15, 0.2) is 46.7 Å². The van der Waals surface area contributed by atoms with E-state index >= 15 is 0 Å². The number of aryl methyl sites for hydroxylation is 1. The molecule has 0 aliphatic carbocycles. The normalized spacial score (nSPS) is 20.2. The van der Waals surface area contributed by atoms with E-state index in [2.05, 4.69) is 16.3 Å². The maximum Gasteiger partial charge on any atom is 0.243 e. The molecule has 1 aromatic heterocycles. The van der Waals surface area contributed by atoms with Crippen LogP contribution in [0.3, 0.4) is 0 Å². The fourth-order valence-electron chi connectivity index (χ4n) is 4.21. The van der Waals surface area contributed by atoms with Crippen molar-refractivity contribution in [3.05, 3.63) is 52.2 Å². The molecule has 0 saturated carbocycles. The molecule has 0 N–H and O–H groups in total. The number of piperazine rings is 1. The quantitative estimate of drug-likeness (QED) is 0.585. The van der Waals surface area contributed by atoms with Gasteiger partial charge in [0, 0.05) is 50.8 Å². The van der Waals surface area contributed by atoms with Crippen molar-refractivity contribution in [3.8, 4) is 0 Å². The first-order chi connectivity index (χ1) is 15.4. The van der Waals surface area contributed by atoms with E-state index < -0.39 is 10.0 Å². The maximum atomic E-state index is 13.1. The summed E-state index contributed by atoms with van der Waals surface area (Å²) in [4.78, 5) is 18.5. The molecule has 0 spiro atoms. The minimum Gasteiger partial charge on any atom is -0.377 e. The lowest BCUT2D eigenvalue weighted by atomic mass is 10.2. The number of rotatable bonds is 8. The molecule has 3 heterocycles. The number of carbonyl (C=O) groups is 1. The van der Waals surface area contributed by atoms with Crippen molar-refractivity contribution in [1.82, 2.24) is 14.1 Å². The van der Waals surface area contributed by atoms with Crippen molar-refractivity contribution in [1.29, 1.82) is 0 Å². The fourth-order valence-corrected chi connectivity index (χ4v) is 6.38. The van der Waals surface area contributed by atoms with Gasteiger partial charge in [-0.15, -0.1) is 11.3 Å². The molecule has 32 heavy (non-hydrogen) atoms. The highest BCUT2D eigenvalue weighted by atomic mass is 32.2. The van der Waals surface area contributed by atoms with Gasteiger partial charge in [0.25, 0.3) is 0 Å². The summed E-state index contributed by atoms with van der Waals surface area (Å²) in [6, 6.07) is 11.0. The van der Waals surface area contributed by atoms with Gasteiger partial charge in [0.15, 0.2) is 0 Å². The van der Waals surface area contributed by atoms with Crippen LogP contribution >= 0.6 is 11.3 Å². The summed E-state index contributed by atoms with van der Waals surface area (Å²) in [6.07, 6.45) is 2.28. The lowest BCUT2D eigenvalue weighted by molar-refractivity contribution is -0.134. The Kier molecular flexibility index (Phi) is 7.63. The molecule has 4 rings (SSSR count). The topological polar surface area (TPSA) is 70.2 Å². The molecule has 7 nitrogen and oxygen atoms in total. The van der Waals surface area contributed by atoms with Gasteiger partial charge in [-0.3, -0.25) is 9.69 Å². The molecule has 0 bridgehead atoms. The third-order valence-corrected chi connectivity index (χ3v) is 8.83. The van der Waals surface area contributed by atoms with E-state index in [9.17, 15) is 13.2 Å². The highest BCUT2D eigenvalue weighted by molar-refractivity contribution is 7.89. The lowest BCUT2D eigenvalue weighted by Gasteiger charge is -2.35. The van der Waals surface area contributed by atoms with E-state index in [0.717, 1.165) is 38.1 Å². The minimum atomic E-state index is -3.53. The molecular weight excluding hydrogens is 446 g/mol. The first kappa shape index (κ1) is 23.4. The van der Waals surface area contributed by atoms with Crippen LogP contribution in [0.5, 0.6) is 0 Å².